The van der Waals surface area contributed by atoms with Crippen molar-refractivity contribution in [1.29, 1.82) is 0 Å². The van der Waals surface area contributed by atoms with Crippen LogP contribution in [0.25, 0.3) is 0 Å². The Kier molecular flexibility index (Phi) is 31.2. The summed E-state index contributed by atoms with van der Waals surface area (Å²) in [4.78, 5) is 0. The Labute approximate surface area is 107 Å². The van der Waals surface area contributed by atoms with Gasteiger partial charge in [0.25, 0.3) is 0 Å². The molecule has 0 aliphatic carbocycles. The molecular formula is H2Na2O6S2. The summed E-state index contributed by atoms with van der Waals surface area (Å²) in [5.74, 6) is 0. The van der Waals surface area contributed by atoms with Crippen molar-refractivity contribution in [3.8, 4) is 0 Å². The predicted molar refractivity (Wildman–Crippen MR) is 22.5 cm³/mol. The van der Waals surface area contributed by atoms with Crippen LogP contribution in [0.4, 0.5) is 0 Å². The van der Waals surface area contributed by atoms with Crippen molar-refractivity contribution >= 4 is 22.7 Å². The monoisotopic (exact) mass is 208 g/mol. The van der Waals surface area contributed by atoms with Crippen molar-refractivity contribution in [2.75, 3.05) is 0 Å². The molecule has 0 aromatic heterocycles. The Morgan fingerprint density at radius 1 is 1.00 bits per heavy atom. The van der Waals surface area contributed by atoms with Crippen LogP contribution >= 0.6 is 0 Å². The second-order valence-corrected chi connectivity index (χ2v) is 1.84. The van der Waals surface area contributed by atoms with Crippen molar-refractivity contribution < 1.29 is 85.7 Å². The van der Waals surface area contributed by atoms with Crippen LogP contribution in [0.2, 0.25) is 0 Å². The Morgan fingerprint density at radius 3 is 1.20 bits per heavy atom. The second-order valence-electron chi connectivity index (χ2n) is 0.476. The first-order valence-electron chi connectivity index (χ1n) is 1.00. The normalized spacial score (nSPS) is 13.0. The fourth-order valence-corrected chi connectivity index (χ4v) is 0.408. The summed E-state index contributed by atoms with van der Waals surface area (Å²) >= 11 is -5.92. The van der Waals surface area contributed by atoms with Gasteiger partial charge >= 0.3 is 59.1 Å². The van der Waals surface area contributed by atoms with Gasteiger partial charge in [0.2, 0.25) is 0 Å². The van der Waals surface area contributed by atoms with E-state index in [9.17, 15) is 17.5 Å². The van der Waals surface area contributed by atoms with Crippen LogP contribution in [0.15, 0.2) is 0 Å². The molecule has 2 N–H and O–H groups in total. The molecule has 0 aromatic carbocycles. The van der Waals surface area contributed by atoms with Gasteiger partial charge in [-0.3, -0.25) is 0 Å². The van der Waals surface area contributed by atoms with E-state index in [4.69, 9.17) is 0 Å². The van der Waals surface area contributed by atoms with E-state index in [2.05, 4.69) is 3.63 Å². The molecule has 10 heteroatoms. The Bertz CT molecular complexity index is 89.9. The maximum atomic E-state index is 9.19. The predicted octanol–water partition coefficient (Wildman–Crippen LogP) is -8.23. The minimum Gasteiger partial charge on any atom is -0.749 e. The fourth-order valence-electron chi connectivity index (χ4n) is 0.0454. The zero-order valence-electron chi connectivity index (χ0n) is 5.36. The van der Waals surface area contributed by atoms with Crippen LogP contribution in [-0.4, -0.2) is 23.0 Å². The van der Waals surface area contributed by atoms with Gasteiger partial charge in [0.15, 0.2) is 0 Å². The largest absolute Gasteiger partial charge is 1.00 e. The molecule has 0 amide bonds. The maximum absolute atomic E-state index is 9.19. The van der Waals surface area contributed by atoms with E-state index in [0.717, 1.165) is 0 Å². The standard InChI is InChI=1S/2Na.H2O5S2.H2O/c;;1-6(2)5-7(3)4;/h;;(H,1,2)(H,3,4);1H2/q2*+1;;/p-2. The number of rotatable bonds is 2. The molecule has 0 bridgehead atoms. The van der Waals surface area contributed by atoms with Gasteiger partial charge in [-0.25, -0.2) is 12.0 Å². The summed E-state index contributed by atoms with van der Waals surface area (Å²) in [7, 11) is 0. The van der Waals surface area contributed by atoms with Crippen molar-refractivity contribution in [1.82, 2.24) is 0 Å². The molecule has 0 aliphatic rings. The van der Waals surface area contributed by atoms with Crippen molar-refractivity contribution in [3.05, 3.63) is 0 Å². The van der Waals surface area contributed by atoms with Gasteiger partial charge < -0.3 is 14.6 Å². The van der Waals surface area contributed by atoms with E-state index in [1.165, 1.54) is 0 Å². The van der Waals surface area contributed by atoms with E-state index in [1.54, 1.807) is 0 Å². The summed E-state index contributed by atoms with van der Waals surface area (Å²) < 4.78 is 39.9. The molecule has 0 fully saturated rings. The average Bonchev–Trinajstić information content (AvgIpc) is 1.27. The molecular weight excluding hydrogens is 206 g/mol. The first-order chi connectivity index (χ1) is 3.13. The summed E-state index contributed by atoms with van der Waals surface area (Å²) in [5.41, 5.74) is 0. The van der Waals surface area contributed by atoms with Crippen molar-refractivity contribution in [2.45, 2.75) is 0 Å². The minimum absolute atomic E-state index is 0. The molecule has 0 atom stereocenters. The van der Waals surface area contributed by atoms with Gasteiger partial charge in [-0.1, -0.05) is 0 Å². The van der Waals surface area contributed by atoms with Crippen LogP contribution in [-0.2, 0) is 26.4 Å². The first kappa shape index (κ1) is 22.7. The summed E-state index contributed by atoms with van der Waals surface area (Å²) in [6.45, 7) is 0. The molecule has 52 valence electrons. The summed E-state index contributed by atoms with van der Waals surface area (Å²) in [6, 6.07) is 0. The molecule has 10 heavy (non-hydrogen) atoms. The third kappa shape index (κ3) is 22.5. The molecule has 0 unspecified atom stereocenters. The number of hydrogen-bond donors (Lipinski definition) is 0. The maximum Gasteiger partial charge on any atom is 1.00 e. The second kappa shape index (κ2) is 13.7. The molecule has 0 spiro atoms. The van der Waals surface area contributed by atoms with Gasteiger partial charge in [-0.15, -0.1) is 0 Å². The Morgan fingerprint density at radius 2 is 1.20 bits per heavy atom. The zero-order valence-corrected chi connectivity index (χ0v) is 11.0. The first-order valence-corrected chi connectivity index (χ1v) is 3.00. The molecule has 0 saturated carbocycles. The molecule has 6 nitrogen and oxygen atoms in total. The van der Waals surface area contributed by atoms with Crippen LogP contribution in [0.5, 0.6) is 0 Å². The van der Waals surface area contributed by atoms with Crippen LogP contribution in [0.3, 0.4) is 0 Å². The molecule has 0 heterocycles. The SMILES string of the molecule is O.O=S([O-])OS(=O)[O-].[Na+].[Na+]. The van der Waals surface area contributed by atoms with Crippen molar-refractivity contribution in [3.63, 3.8) is 0 Å². The Balaban J connectivity index is -0.0000000600. The molecule has 0 rings (SSSR count). The zero-order chi connectivity index (χ0) is 5.86. The van der Waals surface area contributed by atoms with E-state index in [1.807, 2.05) is 0 Å². The smallest absolute Gasteiger partial charge is 0.749 e. The molecule has 0 saturated heterocycles. The van der Waals surface area contributed by atoms with Gasteiger partial charge in [0, 0.05) is 0 Å². The van der Waals surface area contributed by atoms with Crippen LogP contribution in [0.1, 0.15) is 0 Å². The summed E-state index contributed by atoms with van der Waals surface area (Å²) in [6.07, 6.45) is 0. The van der Waals surface area contributed by atoms with Crippen molar-refractivity contribution in [2.24, 2.45) is 0 Å². The van der Waals surface area contributed by atoms with Gasteiger partial charge in [-0.05, 0) is 0 Å². The Hall–Kier alpha value is 2.14. The van der Waals surface area contributed by atoms with Crippen LogP contribution < -0.4 is 59.1 Å². The fraction of sp³-hybridized carbons (Fsp3) is 0. The average molecular weight is 208 g/mol. The van der Waals surface area contributed by atoms with E-state index in [-0.39, 0.29) is 64.6 Å². The third-order valence-corrected chi connectivity index (χ3v) is 1.00. The topological polar surface area (TPSA) is 121 Å². The van der Waals surface area contributed by atoms with E-state index < -0.39 is 22.7 Å². The minimum atomic E-state index is -2.96. The van der Waals surface area contributed by atoms with Gasteiger partial charge in [0.05, 0.1) is 22.7 Å². The summed E-state index contributed by atoms with van der Waals surface area (Å²) in [5, 5.41) is 0. The quantitative estimate of drug-likeness (QED) is 0.329. The van der Waals surface area contributed by atoms with Gasteiger partial charge in [-0.2, -0.15) is 0 Å². The van der Waals surface area contributed by atoms with Crippen LogP contribution in [0, 0.1) is 0 Å². The molecule has 0 radical (unpaired) electrons. The third-order valence-electron chi connectivity index (χ3n) is 0.111. The van der Waals surface area contributed by atoms with Gasteiger partial charge in [0.1, 0.15) is 0 Å². The van der Waals surface area contributed by atoms with E-state index in [0.29, 0.717) is 0 Å². The molecule has 0 aliphatic heterocycles. The van der Waals surface area contributed by atoms with E-state index >= 15 is 0 Å². The molecule has 0 aromatic rings. The number of hydrogen-bond acceptors (Lipinski definition) is 5.